The number of benzene rings is 1. The molecule has 29 heavy (non-hydrogen) atoms. The number of rotatable bonds is 9. The first-order valence-corrected chi connectivity index (χ1v) is 12.6. The Bertz CT molecular complexity index is 719. The van der Waals surface area contributed by atoms with E-state index in [2.05, 4.69) is 41.5 Å². The fourth-order valence-corrected chi connectivity index (χ4v) is 9.74. The smallest absolute Gasteiger partial charge is 0.258 e. The van der Waals surface area contributed by atoms with Gasteiger partial charge < -0.3 is 19.0 Å². The van der Waals surface area contributed by atoms with Gasteiger partial charge in [0.15, 0.2) is 17.3 Å². The van der Waals surface area contributed by atoms with E-state index in [-0.39, 0.29) is 12.4 Å². The van der Waals surface area contributed by atoms with Crippen molar-refractivity contribution in [2.45, 2.75) is 76.8 Å². The Hall–Kier alpha value is -1.63. The maximum absolute atomic E-state index is 11.3. The Labute approximate surface area is 176 Å². The molecule has 0 saturated heterocycles. The van der Waals surface area contributed by atoms with Gasteiger partial charge in [-0.1, -0.05) is 47.6 Å². The zero-order valence-corrected chi connectivity index (χ0v) is 19.8. The van der Waals surface area contributed by atoms with Crippen LogP contribution in [0.15, 0.2) is 30.4 Å². The summed E-state index contributed by atoms with van der Waals surface area (Å²) in [6, 6.07) is 5.93. The van der Waals surface area contributed by atoms with Crippen LogP contribution in [0.1, 0.15) is 53.5 Å². The number of ether oxygens (including phenoxy) is 2. The van der Waals surface area contributed by atoms with E-state index < -0.39 is 14.1 Å². The zero-order valence-electron chi connectivity index (χ0n) is 18.8. The van der Waals surface area contributed by atoms with Crippen molar-refractivity contribution >= 4 is 14.1 Å². The molecule has 0 amide bonds. The average molecular weight is 421 g/mol. The Kier molecular flexibility index (Phi) is 7.71. The summed E-state index contributed by atoms with van der Waals surface area (Å²) in [5, 5.41) is 10.5. The van der Waals surface area contributed by atoms with Crippen molar-refractivity contribution in [3.63, 3.8) is 0 Å². The number of aliphatic hydroxyl groups is 1. The van der Waals surface area contributed by atoms with E-state index in [1.165, 1.54) is 12.2 Å². The van der Waals surface area contributed by atoms with Crippen molar-refractivity contribution in [1.82, 2.24) is 0 Å². The first-order valence-electron chi connectivity index (χ1n) is 10.5. The summed E-state index contributed by atoms with van der Waals surface area (Å²) < 4.78 is 17.7. The highest BCUT2D eigenvalue weighted by Gasteiger charge is 2.47. The Balaban J connectivity index is 2.28. The summed E-state index contributed by atoms with van der Waals surface area (Å²) in [5.74, 6) is -0.0332. The van der Waals surface area contributed by atoms with Crippen LogP contribution >= 0.6 is 0 Å². The van der Waals surface area contributed by atoms with Gasteiger partial charge in [-0.15, -0.1) is 0 Å². The molecule has 0 bridgehead atoms. The summed E-state index contributed by atoms with van der Waals surface area (Å²) in [5.41, 5.74) is 2.39. The van der Waals surface area contributed by atoms with E-state index >= 15 is 0 Å². The lowest BCUT2D eigenvalue weighted by Gasteiger charge is -2.42. The van der Waals surface area contributed by atoms with E-state index in [1.807, 2.05) is 18.2 Å². The first-order chi connectivity index (χ1) is 13.5. The Morgan fingerprint density at radius 2 is 1.72 bits per heavy atom. The maximum atomic E-state index is 11.3. The van der Waals surface area contributed by atoms with Crippen molar-refractivity contribution in [1.29, 1.82) is 0 Å². The number of methoxy groups -OCH3 is 1. The first kappa shape index (κ1) is 23.6. The van der Waals surface area contributed by atoms with Crippen molar-refractivity contribution in [3.05, 3.63) is 35.9 Å². The van der Waals surface area contributed by atoms with Crippen LogP contribution < -0.4 is 9.16 Å². The molecule has 1 aromatic rings. The van der Waals surface area contributed by atoms with Crippen molar-refractivity contribution < 1.29 is 23.8 Å². The second-order valence-corrected chi connectivity index (χ2v) is 14.2. The molecule has 0 aliphatic carbocycles. The molecule has 1 aromatic carbocycles. The third kappa shape index (κ3) is 5.30. The van der Waals surface area contributed by atoms with Crippen molar-refractivity contribution in [2.24, 2.45) is 0 Å². The van der Waals surface area contributed by atoms with Gasteiger partial charge >= 0.3 is 0 Å². The summed E-state index contributed by atoms with van der Waals surface area (Å²) in [6.07, 6.45) is 3.78. The average Bonchev–Trinajstić information content (AvgIpc) is 2.66. The van der Waals surface area contributed by atoms with E-state index in [0.717, 1.165) is 17.1 Å². The summed E-state index contributed by atoms with van der Waals surface area (Å²) in [7, 11) is -0.461. The molecule has 0 aromatic heterocycles. The normalized spacial score (nSPS) is 20.0. The topological polar surface area (TPSA) is 65.0 Å². The van der Waals surface area contributed by atoms with E-state index in [0.29, 0.717) is 29.5 Å². The minimum atomic E-state index is -2.12. The van der Waals surface area contributed by atoms with Gasteiger partial charge in [-0.05, 0) is 52.9 Å². The van der Waals surface area contributed by atoms with Crippen molar-refractivity contribution in [3.8, 4) is 11.5 Å². The van der Waals surface area contributed by atoms with Crippen molar-refractivity contribution in [2.75, 3.05) is 13.7 Å². The van der Waals surface area contributed by atoms with Gasteiger partial charge in [0.05, 0.1) is 7.11 Å². The second-order valence-electron chi connectivity index (χ2n) is 8.84. The van der Waals surface area contributed by atoms with Gasteiger partial charge in [0.25, 0.3) is 8.32 Å². The molecule has 1 heterocycles. The largest absolute Gasteiger partial charge is 0.540 e. The zero-order chi connectivity index (χ0) is 21.8. The minimum Gasteiger partial charge on any atom is -0.540 e. The molecule has 5 nitrogen and oxygen atoms in total. The number of carbonyl (C=O) groups excluding carboxylic acids is 1. The highest BCUT2D eigenvalue weighted by molar-refractivity contribution is 6.78. The molecule has 162 valence electrons. The molecule has 1 aliphatic heterocycles. The van der Waals surface area contributed by atoms with Gasteiger partial charge in [-0.25, -0.2) is 0 Å². The molecule has 0 saturated carbocycles. The maximum Gasteiger partial charge on any atom is 0.258 e. The predicted molar refractivity (Wildman–Crippen MR) is 118 cm³/mol. The van der Waals surface area contributed by atoms with Crippen LogP contribution in [0.4, 0.5) is 0 Å². The van der Waals surface area contributed by atoms with Crippen LogP contribution in [-0.4, -0.2) is 38.7 Å². The fraction of sp³-hybridized carbons (Fsp3) is 0.609. The van der Waals surface area contributed by atoms with Gasteiger partial charge in [-0.2, -0.15) is 0 Å². The lowest BCUT2D eigenvalue weighted by Crippen LogP contribution is -2.50. The summed E-state index contributed by atoms with van der Waals surface area (Å²) >= 11 is 0. The van der Waals surface area contributed by atoms with Gasteiger partial charge in [0.1, 0.15) is 12.4 Å². The molecular weight excluding hydrogens is 384 g/mol. The number of hydrogen-bond donors (Lipinski definition) is 1. The molecule has 1 N–H and O–H groups in total. The highest BCUT2D eigenvalue weighted by Crippen LogP contribution is 2.45. The predicted octanol–water partition coefficient (Wildman–Crippen LogP) is 5.03. The number of carbonyl (C=O) groups is 1. The number of ketones is 1. The SMILES string of the molecule is COc1ccc(CCC2(O)C=CC(=O)CO2)cc1O[Si](C(C)C)(C(C)C)C(C)C. The lowest BCUT2D eigenvalue weighted by molar-refractivity contribution is -0.179. The third-order valence-corrected chi connectivity index (χ3v) is 12.0. The van der Waals surface area contributed by atoms with E-state index in [4.69, 9.17) is 13.9 Å². The molecule has 0 radical (unpaired) electrons. The van der Waals surface area contributed by atoms with Gasteiger partial charge in [-0.3, -0.25) is 4.79 Å². The van der Waals surface area contributed by atoms with Gasteiger partial charge in [0, 0.05) is 6.42 Å². The number of hydrogen-bond acceptors (Lipinski definition) is 5. The monoisotopic (exact) mass is 420 g/mol. The minimum absolute atomic E-state index is 0.0880. The molecule has 0 spiro atoms. The molecule has 0 fully saturated rings. The quantitative estimate of drug-likeness (QED) is 0.568. The van der Waals surface area contributed by atoms with Gasteiger partial charge in [0.2, 0.25) is 0 Å². The fourth-order valence-electron chi connectivity index (χ4n) is 4.49. The molecule has 1 aliphatic rings. The summed E-state index contributed by atoms with van der Waals surface area (Å²) in [4.78, 5) is 11.3. The molecule has 1 atom stereocenters. The highest BCUT2D eigenvalue weighted by atomic mass is 28.4. The van der Waals surface area contributed by atoms with Crippen LogP contribution in [-0.2, 0) is 16.0 Å². The number of aryl methyl sites for hydroxylation is 1. The van der Waals surface area contributed by atoms with Crippen LogP contribution in [0, 0.1) is 0 Å². The second kappa shape index (κ2) is 9.45. The molecule has 1 unspecified atom stereocenters. The van der Waals surface area contributed by atoms with E-state index in [9.17, 15) is 9.90 Å². The molecular formula is C23H36O5Si. The van der Waals surface area contributed by atoms with E-state index in [1.54, 1.807) is 7.11 Å². The molecule has 2 rings (SSSR count). The Morgan fingerprint density at radius 3 is 2.21 bits per heavy atom. The van der Waals surface area contributed by atoms with Crippen LogP contribution in [0.3, 0.4) is 0 Å². The lowest BCUT2D eigenvalue weighted by atomic mass is 10.0. The van der Waals surface area contributed by atoms with Crippen LogP contribution in [0.25, 0.3) is 0 Å². The molecule has 6 heteroatoms. The van der Waals surface area contributed by atoms with Crippen LogP contribution in [0.2, 0.25) is 16.6 Å². The summed E-state index contributed by atoms with van der Waals surface area (Å²) in [6.45, 7) is 13.4. The third-order valence-electron chi connectivity index (χ3n) is 5.99. The Morgan fingerprint density at radius 1 is 1.10 bits per heavy atom. The van der Waals surface area contributed by atoms with Crippen LogP contribution in [0.5, 0.6) is 11.5 Å². The standard InChI is InChI=1S/C23H36O5Si/c1-16(2)29(17(3)4,18(5)6)28-22-14-19(8-9-21(22)26-7)10-12-23(25)13-11-20(24)15-27-23/h8-9,11,13-14,16-18,25H,10,12,15H2,1-7H3.